The van der Waals surface area contributed by atoms with Crippen LogP contribution in [-0.2, 0) is 0 Å². The molecule has 2 aromatic rings. The summed E-state index contributed by atoms with van der Waals surface area (Å²) in [7, 11) is 0. The zero-order valence-electron chi connectivity index (χ0n) is 9.84. The predicted octanol–water partition coefficient (Wildman–Crippen LogP) is 3.59. The van der Waals surface area contributed by atoms with Crippen molar-refractivity contribution in [3.8, 4) is 5.69 Å². The minimum atomic E-state index is 0.498. The lowest BCUT2D eigenvalue weighted by molar-refractivity contribution is 0.801. The summed E-state index contributed by atoms with van der Waals surface area (Å²) in [6.07, 6.45) is 7.67. The van der Waals surface area contributed by atoms with Crippen LogP contribution in [0.15, 0.2) is 36.7 Å². The molecule has 1 heterocycles. The second-order valence-electron chi connectivity index (χ2n) is 4.15. The van der Waals surface area contributed by atoms with E-state index in [4.69, 9.17) is 11.6 Å². The molecule has 4 heteroatoms. The zero-order chi connectivity index (χ0) is 12.3. The lowest BCUT2D eigenvalue weighted by Crippen LogP contribution is -1.98. The Morgan fingerprint density at radius 2 is 2.18 bits per heavy atom. The van der Waals surface area contributed by atoms with Crippen LogP contribution in [0.1, 0.15) is 19.4 Å². The molecular weight excluding hydrogens is 234 g/mol. The molecule has 0 saturated heterocycles. The Hall–Kier alpha value is -1.61. The molecule has 0 saturated carbocycles. The van der Waals surface area contributed by atoms with E-state index in [2.05, 4.69) is 36.3 Å². The number of hydrogen-bond acceptors (Lipinski definition) is 2. The molecule has 0 N–H and O–H groups in total. The Kier molecular flexibility index (Phi) is 3.59. The number of hydrogen-bond donors (Lipinski definition) is 0. The van der Waals surface area contributed by atoms with Gasteiger partial charge in [0.05, 0.1) is 18.1 Å². The summed E-state index contributed by atoms with van der Waals surface area (Å²) < 4.78 is 1.73. The molecule has 0 aliphatic carbocycles. The first kappa shape index (κ1) is 11.9. The Balaban J connectivity index is 2.45. The van der Waals surface area contributed by atoms with Gasteiger partial charge in [-0.2, -0.15) is 0 Å². The molecule has 2 rings (SSSR count). The second-order valence-corrected chi connectivity index (χ2v) is 4.59. The van der Waals surface area contributed by atoms with Gasteiger partial charge in [-0.15, -0.1) is 5.10 Å². The summed E-state index contributed by atoms with van der Waals surface area (Å²) in [5.41, 5.74) is 2.01. The Labute approximate surface area is 106 Å². The van der Waals surface area contributed by atoms with Crippen LogP contribution < -0.4 is 0 Å². The van der Waals surface area contributed by atoms with Gasteiger partial charge in [0.15, 0.2) is 0 Å². The highest BCUT2D eigenvalue weighted by Crippen LogP contribution is 2.20. The minimum absolute atomic E-state index is 0.498. The van der Waals surface area contributed by atoms with Crippen LogP contribution in [0.2, 0.25) is 5.02 Å². The van der Waals surface area contributed by atoms with Gasteiger partial charge in [0.1, 0.15) is 0 Å². The number of benzene rings is 1. The smallest absolute Gasteiger partial charge is 0.0736 e. The molecule has 0 unspecified atom stereocenters. The van der Waals surface area contributed by atoms with Crippen molar-refractivity contribution < 1.29 is 0 Å². The third-order valence-corrected chi connectivity index (χ3v) is 2.55. The van der Waals surface area contributed by atoms with Crippen LogP contribution in [0.3, 0.4) is 0 Å². The van der Waals surface area contributed by atoms with Crippen LogP contribution in [0.5, 0.6) is 0 Å². The average Bonchev–Trinajstić information content (AvgIpc) is 2.80. The monoisotopic (exact) mass is 247 g/mol. The average molecular weight is 248 g/mol. The van der Waals surface area contributed by atoms with Gasteiger partial charge >= 0.3 is 0 Å². The molecule has 17 heavy (non-hydrogen) atoms. The zero-order valence-corrected chi connectivity index (χ0v) is 10.6. The molecule has 0 amide bonds. The van der Waals surface area contributed by atoms with E-state index >= 15 is 0 Å². The molecule has 88 valence electrons. The fraction of sp³-hybridized carbons (Fsp3) is 0.231. The summed E-state index contributed by atoms with van der Waals surface area (Å²) in [5, 5.41) is 8.53. The van der Waals surface area contributed by atoms with Crippen molar-refractivity contribution in [3.63, 3.8) is 0 Å². The van der Waals surface area contributed by atoms with Crippen molar-refractivity contribution >= 4 is 17.7 Å². The summed E-state index contributed by atoms with van der Waals surface area (Å²) >= 11 is 6.01. The Morgan fingerprint density at radius 1 is 1.35 bits per heavy atom. The maximum atomic E-state index is 6.01. The van der Waals surface area contributed by atoms with E-state index in [1.807, 2.05) is 24.4 Å². The van der Waals surface area contributed by atoms with Gasteiger partial charge in [0, 0.05) is 10.6 Å². The van der Waals surface area contributed by atoms with Gasteiger partial charge in [0.25, 0.3) is 0 Å². The van der Waals surface area contributed by atoms with E-state index < -0.39 is 0 Å². The third-order valence-electron chi connectivity index (χ3n) is 2.32. The number of nitrogens with zero attached hydrogens (tertiary/aromatic N) is 3. The SMILES string of the molecule is CC(C)/C=C/c1cc(Cl)ccc1-n1ccnn1. The normalized spacial score (nSPS) is 11.5. The van der Waals surface area contributed by atoms with Crippen molar-refractivity contribution in [1.29, 1.82) is 0 Å². The van der Waals surface area contributed by atoms with E-state index in [1.54, 1.807) is 10.9 Å². The predicted molar refractivity (Wildman–Crippen MR) is 70.2 cm³/mol. The van der Waals surface area contributed by atoms with Gasteiger partial charge in [0.2, 0.25) is 0 Å². The van der Waals surface area contributed by atoms with Crippen molar-refractivity contribution in [1.82, 2.24) is 15.0 Å². The van der Waals surface area contributed by atoms with Crippen molar-refractivity contribution in [2.75, 3.05) is 0 Å². The third kappa shape index (κ3) is 2.94. The molecule has 0 bridgehead atoms. The van der Waals surface area contributed by atoms with E-state index in [0.29, 0.717) is 5.92 Å². The summed E-state index contributed by atoms with van der Waals surface area (Å²) in [4.78, 5) is 0. The van der Waals surface area contributed by atoms with E-state index in [-0.39, 0.29) is 0 Å². The van der Waals surface area contributed by atoms with Gasteiger partial charge in [-0.25, -0.2) is 4.68 Å². The minimum Gasteiger partial charge on any atom is -0.220 e. The molecular formula is C13H14ClN3. The van der Waals surface area contributed by atoms with Crippen LogP contribution in [0.25, 0.3) is 11.8 Å². The topological polar surface area (TPSA) is 30.7 Å². The largest absolute Gasteiger partial charge is 0.220 e. The fourth-order valence-electron chi connectivity index (χ4n) is 1.50. The molecule has 0 aliphatic rings. The molecule has 0 radical (unpaired) electrons. The van der Waals surface area contributed by atoms with Crippen molar-refractivity contribution in [3.05, 3.63) is 47.3 Å². The van der Waals surface area contributed by atoms with Gasteiger partial charge in [-0.3, -0.25) is 0 Å². The quantitative estimate of drug-likeness (QED) is 0.830. The van der Waals surface area contributed by atoms with Crippen LogP contribution in [0.4, 0.5) is 0 Å². The number of halogens is 1. The van der Waals surface area contributed by atoms with Crippen LogP contribution >= 0.6 is 11.6 Å². The van der Waals surface area contributed by atoms with Crippen molar-refractivity contribution in [2.45, 2.75) is 13.8 Å². The van der Waals surface area contributed by atoms with Gasteiger partial charge in [-0.05, 0) is 24.1 Å². The van der Waals surface area contributed by atoms with Gasteiger partial charge < -0.3 is 0 Å². The number of allylic oxidation sites excluding steroid dienone is 1. The maximum Gasteiger partial charge on any atom is 0.0736 e. The first-order chi connectivity index (χ1) is 8.16. The molecule has 0 fully saturated rings. The Morgan fingerprint density at radius 3 is 2.82 bits per heavy atom. The lowest BCUT2D eigenvalue weighted by Gasteiger charge is -2.06. The molecule has 0 spiro atoms. The molecule has 3 nitrogen and oxygen atoms in total. The van der Waals surface area contributed by atoms with E-state index in [9.17, 15) is 0 Å². The highest BCUT2D eigenvalue weighted by atomic mass is 35.5. The highest BCUT2D eigenvalue weighted by molar-refractivity contribution is 6.30. The summed E-state index contributed by atoms with van der Waals surface area (Å²) in [5.74, 6) is 0.498. The second kappa shape index (κ2) is 5.15. The first-order valence-electron chi connectivity index (χ1n) is 5.51. The fourth-order valence-corrected chi connectivity index (χ4v) is 1.68. The number of aromatic nitrogens is 3. The maximum absolute atomic E-state index is 6.01. The van der Waals surface area contributed by atoms with Gasteiger partial charge in [-0.1, -0.05) is 42.8 Å². The van der Waals surface area contributed by atoms with Crippen LogP contribution in [0, 0.1) is 5.92 Å². The summed E-state index contributed by atoms with van der Waals surface area (Å²) in [6, 6.07) is 5.72. The van der Waals surface area contributed by atoms with Crippen LogP contribution in [-0.4, -0.2) is 15.0 Å². The Bertz CT molecular complexity index is 515. The lowest BCUT2D eigenvalue weighted by atomic mass is 10.1. The summed E-state index contributed by atoms with van der Waals surface area (Å²) in [6.45, 7) is 4.27. The van der Waals surface area contributed by atoms with E-state index in [0.717, 1.165) is 16.3 Å². The van der Waals surface area contributed by atoms with E-state index in [1.165, 1.54) is 0 Å². The highest BCUT2D eigenvalue weighted by Gasteiger charge is 2.03. The number of rotatable bonds is 3. The molecule has 0 aliphatic heterocycles. The molecule has 0 atom stereocenters. The molecule has 1 aromatic heterocycles. The molecule has 1 aromatic carbocycles. The first-order valence-corrected chi connectivity index (χ1v) is 5.89. The standard InChI is InChI=1S/C13H14ClN3/c1-10(2)3-4-11-9-12(14)5-6-13(11)17-8-7-15-16-17/h3-10H,1-2H3/b4-3+. The van der Waals surface area contributed by atoms with Crippen molar-refractivity contribution in [2.24, 2.45) is 5.92 Å².